The third-order valence-electron chi connectivity index (χ3n) is 12.1. The lowest BCUT2D eigenvalue weighted by atomic mass is 9.68. The van der Waals surface area contributed by atoms with Gasteiger partial charge in [-0.1, -0.05) is 194 Å². The van der Waals surface area contributed by atoms with Crippen LogP contribution in [0.1, 0.15) is 22.3 Å². The first-order valence-corrected chi connectivity index (χ1v) is 20.1. The molecular formula is C57H39N. The van der Waals surface area contributed by atoms with E-state index in [1.165, 1.54) is 77.2 Å². The van der Waals surface area contributed by atoms with Gasteiger partial charge in [0.1, 0.15) is 0 Å². The molecule has 0 unspecified atom stereocenters. The van der Waals surface area contributed by atoms with E-state index in [1.54, 1.807) is 0 Å². The van der Waals surface area contributed by atoms with E-state index in [9.17, 15) is 0 Å². The molecule has 0 heterocycles. The van der Waals surface area contributed by atoms with Crippen molar-refractivity contribution in [2.45, 2.75) is 5.41 Å². The van der Waals surface area contributed by atoms with Crippen LogP contribution in [-0.4, -0.2) is 0 Å². The van der Waals surface area contributed by atoms with Crippen LogP contribution in [0.5, 0.6) is 0 Å². The maximum atomic E-state index is 2.45. The van der Waals surface area contributed by atoms with Gasteiger partial charge in [0, 0.05) is 16.9 Å². The fourth-order valence-corrected chi connectivity index (χ4v) is 9.45. The highest BCUT2D eigenvalue weighted by atomic mass is 15.1. The molecule has 0 N–H and O–H groups in total. The fourth-order valence-electron chi connectivity index (χ4n) is 9.45. The van der Waals surface area contributed by atoms with E-state index >= 15 is 0 Å². The van der Waals surface area contributed by atoms with Gasteiger partial charge in [-0.15, -0.1) is 0 Å². The van der Waals surface area contributed by atoms with E-state index in [4.69, 9.17) is 0 Å². The Kier molecular flexibility index (Phi) is 8.12. The summed E-state index contributed by atoms with van der Waals surface area (Å²) in [4.78, 5) is 2.45. The Bertz CT molecular complexity index is 3070. The normalized spacial score (nSPS) is 12.6. The summed E-state index contributed by atoms with van der Waals surface area (Å²) in [5.41, 5.74) is 15.4. The van der Waals surface area contributed by atoms with Crippen LogP contribution in [0.2, 0.25) is 0 Å². The average molecular weight is 738 g/mol. The second-order valence-electron chi connectivity index (χ2n) is 15.3. The lowest BCUT2D eigenvalue weighted by molar-refractivity contribution is 0.768. The molecule has 10 aromatic carbocycles. The zero-order valence-electron chi connectivity index (χ0n) is 32.0. The molecule has 0 atom stereocenters. The predicted molar refractivity (Wildman–Crippen MR) is 244 cm³/mol. The monoisotopic (exact) mass is 737 g/mol. The van der Waals surface area contributed by atoms with E-state index < -0.39 is 5.41 Å². The number of benzene rings is 10. The molecule has 0 aromatic heterocycles. The Morgan fingerprint density at radius 1 is 0.276 bits per heavy atom. The molecule has 0 radical (unpaired) electrons. The third kappa shape index (κ3) is 5.47. The SMILES string of the molecule is c1ccc(-c2ccccc2N(c2ccc3c(c2)-c2ccccc2C3(c2ccccc2)c2ccccc2)c2ccc3cc(-c4ccc5ccccc5c4)ccc3c2)cc1. The summed E-state index contributed by atoms with van der Waals surface area (Å²) in [5.74, 6) is 0. The summed E-state index contributed by atoms with van der Waals surface area (Å²) in [7, 11) is 0. The minimum Gasteiger partial charge on any atom is -0.310 e. The molecule has 1 heteroatoms. The topological polar surface area (TPSA) is 3.24 Å². The quantitative estimate of drug-likeness (QED) is 0.157. The van der Waals surface area contributed by atoms with E-state index in [2.05, 4.69) is 241 Å². The molecule has 58 heavy (non-hydrogen) atoms. The molecule has 1 aliphatic rings. The third-order valence-corrected chi connectivity index (χ3v) is 12.1. The van der Waals surface area contributed by atoms with Crippen molar-refractivity contribution in [2.75, 3.05) is 4.90 Å². The van der Waals surface area contributed by atoms with Gasteiger partial charge in [0.2, 0.25) is 0 Å². The van der Waals surface area contributed by atoms with Gasteiger partial charge < -0.3 is 4.90 Å². The van der Waals surface area contributed by atoms with Crippen LogP contribution in [0, 0.1) is 0 Å². The number of nitrogens with zero attached hydrogens (tertiary/aromatic N) is 1. The summed E-state index contributed by atoms with van der Waals surface area (Å²) < 4.78 is 0. The molecule has 11 rings (SSSR count). The van der Waals surface area contributed by atoms with Gasteiger partial charge in [-0.3, -0.25) is 0 Å². The Labute approximate surface area is 339 Å². The fraction of sp³-hybridized carbons (Fsp3) is 0.0175. The number of rotatable bonds is 7. The van der Waals surface area contributed by atoms with Gasteiger partial charge in [0.25, 0.3) is 0 Å². The van der Waals surface area contributed by atoms with Gasteiger partial charge in [-0.05, 0) is 114 Å². The molecule has 1 nitrogen and oxygen atoms in total. The molecule has 0 spiro atoms. The van der Waals surface area contributed by atoms with Crippen LogP contribution in [0.4, 0.5) is 17.1 Å². The largest absolute Gasteiger partial charge is 0.310 e. The zero-order valence-corrected chi connectivity index (χ0v) is 32.0. The van der Waals surface area contributed by atoms with E-state index in [1.807, 2.05) is 0 Å². The molecule has 0 amide bonds. The maximum Gasteiger partial charge on any atom is 0.0713 e. The van der Waals surface area contributed by atoms with Crippen molar-refractivity contribution in [3.63, 3.8) is 0 Å². The van der Waals surface area contributed by atoms with Crippen molar-refractivity contribution in [2.24, 2.45) is 0 Å². The van der Waals surface area contributed by atoms with Crippen LogP contribution in [0.25, 0.3) is 54.9 Å². The molecule has 272 valence electrons. The standard InChI is InChI=1S/C57H39N/c1-4-17-41(18-5-1)51-24-13-15-27-56(51)58(49-33-32-45-37-44(30-31-46(45)38-49)43-29-28-40-16-10-11-19-42(40)36-43)50-34-35-55-53(39-50)52-25-12-14-26-54(52)57(55,47-20-6-2-7-21-47)48-22-8-3-9-23-48/h1-39H. The van der Waals surface area contributed by atoms with Crippen LogP contribution in [0.3, 0.4) is 0 Å². The van der Waals surface area contributed by atoms with Crippen molar-refractivity contribution in [1.82, 2.24) is 0 Å². The number of anilines is 3. The van der Waals surface area contributed by atoms with Gasteiger partial charge in [-0.2, -0.15) is 0 Å². The van der Waals surface area contributed by atoms with E-state index in [0.717, 1.165) is 17.1 Å². The first kappa shape index (κ1) is 33.8. The summed E-state index contributed by atoms with van der Waals surface area (Å²) in [6.45, 7) is 0. The van der Waals surface area contributed by atoms with Crippen molar-refractivity contribution in [3.8, 4) is 33.4 Å². The Morgan fingerprint density at radius 2 is 0.759 bits per heavy atom. The first-order valence-electron chi connectivity index (χ1n) is 20.1. The minimum atomic E-state index is -0.453. The average Bonchev–Trinajstić information content (AvgIpc) is 3.60. The summed E-state index contributed by atoms with van der Waals surface area (Å²) in [6, 6.07) is 86.8. The van der Waals surface area contributed by atoms with Crippen molar-refractivity contribution in [1.29, 1.82) is 0 Å². The summed E-state index contributed by atoms with van der Waals surface area (Å²) >= 11 is 0. The second-order valence-corrected chi connectivity index (χ2v) is 15.3. The minimum absolute atomic E-state index is 0.453. The van der Waals surface area contributed by atoms with E-state index in [-0.39, 0.29) is 0 Å². The molecule has 0 saturated carbocycles. The van der Waals surface area contributed by atoms with Gasteiger partial charge in [-0.25, -0.2) is 0 Å². The van der Waals surface area contributed by atoms with Gasteiger partial charge >= 0.3 is 0 Å². The number of para-hydroxylation sites is 1. The first-order chi connectivity index (χ1) is 28.8. The summed E-state index contributed by atoms with van der Waals surface area (Å²) in [5, 5.41) is 4.92. The number of hydrogen-bond donors (Lipinski definition) is 0. The van der Waals surface area contributed by atoms with Gasteiger partial charge in [0.15, 0.2) is 0 Å². The highest BCUT2D eigenvalue weighted by Crippen LogP contribution is 2.57. The molecule has 10 aromatic rings. The highest BCUT2D eigenvalue weighted by molar-refractivity contribution is 5.97. The smallest absolute Gasteiger partial charge is 0.0713 e. The predicted octanol–water partition coefficient (Wildman–Crippen LogP) is 15.2. The molecule has 1 aliphatic carbocycles. The molecule has 0 saturated heterocycles. The molecule has 0 aliphatic heterocycles. The summed E-state index contributed by atoms with van der Waals surface area (Å²) in [6.07, 6.45) is 0. The molecular weight excluding hydrogens is 699 g/mol. The van der Waals surface area contributed by atoms with Crippen LogP contribution >= 0.6 is 0 Å². The Hall–Kier alpha value is -7.48. The van der Waals surface area contributed by atoms with Crippen molar-refractivity contribution < 1.29 is 0 Å². The van der Waals surface area contributed by atoms with Crippen molar-refractivity contribution >= 4 is 38.6 Å². The molecule has 0 fully saturated rings. The van der Waals surface area contributed by atoms with Crippen molar-refractivity contribution in [3.05, 3.63) is 259 Å². The van der Waals surface area contributed by atoms with Gasteiger partial charge in [0.05, 0.1) is 11.1 Å². The van der Waals surface area contributed by atoms with E-state index in [0.29, 0.717) is 0 Å². The maximum absolute atomic E-state index is 2.45. The van der Waals surface area contributed by atoms with Crippen LogP contribution < -0.4 is 4.90 Å². The Balaban J connectivity index is 1.11. The second kappa shape index (κ2) is 13.9. The lowest BCUT2D eigenvalue weighted by Gasteiger charge is -2.34. The molecule has 0 bridgehead atoms. The zero-order chi connectivity index (χ0) is 38.5. The Morgan fingerprint density at radius 3 is 1.48 bits per heavy atom. The van der Waals surface area contributed by atoms with Crippen LogP contribution in [0.15, 0.2) is 237 Å². The van der Waals surface area contributed by atoms with Crippen LogP contribution in [-0.2, 0) is 5.41 Å². The number of fused-ring (bicyclic) bond motifs is 5. The lowest BCUT2D eigenvalue weighted by Crippen LogP contribution is -2.28. The highest BCUT2D eigenvalue weighted by Gasteiger charge is 2.46. The number of hydrogen-bond acceptors (Lipinski definition) is 1.